The van der Waals surface area contributed by atoms with Gasteiger partial charge in [0.2, 0.25) is 0 Å². The van der Waals surface area contributed by atoms with Gasteiger partial charge in [-0.1, -0.05) is 6.07 Å². The van der Waals surface area contributed by atoms with Crippen LogP contribution in [0, 0.1) is 6.92 Å². The second-order valence-electron chi connectivity index (χ2n) is 3.65. The Morgan fingerprint density at radius 1 is 1.44 bits per heavy atom. The Balaban J connectivity index is 2.10. The van der Waals surface area contributed by atoms with Gasteiger partial charge in [-0.2, -0.15) is 0 Å². The highest BCUT2D eigenvalue weighted by molar-refractivity contribution is 9.10. The summed E-state index contributed by atoms with van der Waals surface area (Å²) < 4.78 is 5.85. The normalized spacial score (nSPS) is 12.7. The van der Waals surface area contributed by atoms with Crippen molar-refractivity contribution in [1.82, 2.24) is 4.98 Å². The van der Waals surface area contributed by atoms with Crippen LogP contribution < -0.4 is 0 Å². The molecule has 1 unspecified atom stereocenters. The molecule has 0 aliphatic carbocycles. The summed E-state index contributed by atoms with van der Waals surface area (Å²) >= 11 is 9.62. The summed E-state index contributed by atoms with van der Waals surface area (Å²) in [5.41, 5.74) is 3.10. The highest BCUT2D eigenvalue weighted by Gasteiger charge is 2.14. The number of aromatic nitrogens is 1. The van der Waals surface area contributed by atoms with Crippen LogP contribution in [0.5, 0.6) is 0 Å². The Morgan fingerprint density at radius 2 is 2.25 bits per heavy atom. The van der Waals surface area contributed by atoms with Crippen LogP contribution in [0.1, 0.15) is 22.2 Å². The summed E-state index contributed by atoms with van der Waals surface area (Å²) in [6.45, 7) is 2.02. The molecule has 1 atom stereocenters. The van der Waals surface area contributed by atoms with Crippen molar-refractivity contribution in [2.75, 3.05) is 0 Å². The van der Waals surface area contributed by atoms with E-state index in [0.29, 0.717) is 11.1 Å². The lowest BCUT2D eigenvalue weighted by molar-refractivity contribution is 0.536. The topological polar surface area (TPSA) is 26.0 Å². The third-order valence-corrected chi connectivity index (χ3v) is 3.38. The van der Waals surface area contributed by atoms with Gasteiger partial charge in [-0.15, -0.1) is 11.6 Å². The number of nitrogens with zero attached hydrogens (tertiary/aromatic N) is 1. The summed E-state index contributed by atoms with van der Waals surface area (Å²) in [4.78, 5) is 4.33. The lowest BCUT2D eigenvalue weighted by atomic mass is 10.1. The molecule has 0 aliphatic heterocycles. The molecular weight excluding hydrogens is 289 g/mol. The number of rotatable bonds is 3. The third kappa shape index (κ3) is 2.66. The molecule has 2 heterocycles. The Bertz CT molecular complexity index is 466. The van der Waals surface area contributed by atoms with Crippen LogP contribution in [0.2, 0.25) is 0 Å². The first-order valence-corrected chi connectivity index (χ1v) is 6.18. The summed E-state index contributed by atoms with van der Waals surface area (Å²) in [7, 11) is 0. The number of furan rings is 1. The van der Waals surface area contributed by atoms with E-state index in [2.05, 4.69) is 20.9 Å². The smallest absolute Gasteiger partial charge is 0.173 e. The van der Waals surface area contributed by atoms with Crippen molar-refractivity contribution in [3.8, 4) is 0 Å². The zero-order chi connectivity index (χ0) is 11.5. The minimum Gasteiger partial charge on any atom is -0.457 e. The van der Waals surface area contributed by atoms with Crippen LogP contribution in [0.25, 0.3) is 0 Å². The van der Waals surface area contributed by atoms with Gasteiger partial charge in [0.15, 0.2) is 4.67 Å². The Labute approximate surface area is 108 Å². The van der Waals surface area contributed by atoms with Crippen molar-refractivity contribution < 1.29 is 4.42 Å². The van der Waals surface area contributed by atoms with Gasteiger partial charge in [-0.3, -0.25) is 4.98 Å². The first-order chi connectivity index (χ1) is 7.66. The van der Waals surface area contributed by atoms with Crippen LogP contribution >= 0.6 is 27.5 Å². The Kier molecular flexibility index (Phi) is 3.66. The Morgan fingerprint density at radius 3 is 2.81 bits per heavy atom. The molecular formula is C12H11BrClNO. The second kappa shape index (κ2) is 5.02. The molecule has 0 radical (unpaired) electrons. The van der Waals surface area contributed by atoms with E-state index in [0.717, 1.165) is 16.8 Å². The van der Waals surface area contributed by atoms with Gasteiger partial charge >= 0.3 is 0 Å². The number of aryl methyl sites for hydroxylation is 1. The van der Waals surface area contributed by atoms with E-state index in [1.165, 1.54) is 0 Å². The number of alkyl halides is 1. The number of halogens is 2. The fourth-order valence-electron chi connectivity index (χ4n) is 1.44. The average Bonchev–Trinajstić information content (AvgIpc) is 2.68. The fraction of sp³-hybridized carbons (Fsp3) is 0.250. The number of pyridine rings is 1. The molecule has 0 fully saturated rings. The summed E-state index contributed by atoms with van der Waals surface area (Å²) in [5, 5.41) is -0.122. The van der Waals surface area contributed by atoms with Gasteiger partial charge in [-0.05, 0) is 40.5 Å². The van der Waals surface area contributed by atoms with Crippen LogP contribution in [0.15, 0.2) is 39.7 Å². The molecule has 2 rings (SSSR count). The summed E-state index contributed by atoms with van der Waals surface area (Å²) in [6.07, 6.45) is 4.17. The van der Waals surface area contributed by atoms with Crippen molar-refractivity contribution in [1.29, 1.82) is 0 Å². The zero-order valence-corrected chi connectivity index (χ0v) is 11.1. The predicted octanol–water partition coefficient (Wildman–Crippen LogP) is 4.27. The molecule has 0 saturated heterocycles. The van der Waals surface area contributed by atoms with E-state index in [-0.39, 0.29) is 5.38 Å². The molecule has 0 N–H and O–H groups in total. The van der Waals surface area contributed by atoms with Crippen LogP contribution in [-0.2, 0) is 6.42 Å². The van der Waals surface area contributed by atoms with E-state index in [9.17, 15) is 0 Å². The van der Waals surface area contributed by atoms with Crippen molar-refractivity contribution in [3.63, 3.8) is 0 Å². The fourth-order valence-corrected chi connectivity index (χ4v) is 2.42. The van der Waals surface area contributed by atoms with Crippen molar-refractivity contribution in [2.24, 2.45) is 0 Å². The van der Waals surface area contributed by atoms with Gasteiger partial charge in [0, 0.05) is 23.9 Å². The molecule has 4 heteroatoms. The second-order valence-corrected chi connectivity index (χ2v) is 4.90. The lowest BCUT2D eigenvalue weighted by Crippen LogP contribution is -1.97. The maximum Gasteiger partial charge on any atom is 0.173 e. The van der Waals surface area contributed by atoms with Gasteiger partial charge in [0.1, 0.15) is 0 Å². The predicted molar refractivity (Wildman–Crippen MR) is 67.7 cm³/mol. The van der Waals surface area contributed by atoms with E-state index in [1.807, 2.05) is 31.3 Å². The molecule has 2 aromatic heterocycles. The monoisotopic (exact) mass is 299 g/mol. The van der Waals surface area contributed by atoms with Crippen molar-refractivity contribution >= 4 is 27.5 Å². The van der Waals surface area contributed by atoms with Crippen LogP contribution in [0.4, 0.5) is 0 Å². The van der Waals surface area contributed by atoms with E-state index in [4.69, 9.17) is 16.0 Å². The van der Waals surface area contributed by atoms with Gasteiger partial charge in [0.05, 0.1) is 11.6 Å². The molecule has 16 heavy (non-hydrogen) atoms. The summed E-state index contributed by atoms with van der Waals surface area (Å²) in [6, 6.07) is 5.91. The van der Waals surface area contributed by atoms with E-state index >= 15 is 0 Å². The zero-order valence-electron chi connectivity index (χ0n) is 8.78. The molecule has 0 amide bonds. The van der Waals surface area contributed by atoms with Gasteiger partial charge in [-0.25, -0.2) is 0 Å². The first-order valence-electron chi connectivity index (χ1n) is 4.95. The minimum atomic E-state index is -0.122. The maximum absolute atomic E-state index is 6.30. The largest absolute Gasteiger partial charge is 0.457 e. The van der Waals surface area contributed by atoms with Gasteiger partial charge < -0.3 is 4.42 Å². The van der Waals surface area contributed by atoms with Gasteiger partial charge in [0.25, 0.3) is 0 Å². The molecule has 0 bridgehead atoms. The van der Waals surface area contributed by atoms with Crippen LogP contribution in [0.3, 0.4) is 0 Å². The minimum absolute atomic E-state index is 0.122. The highest BCUT2D eigenvalue weighted by Crippen LogP contribution is 2.31. The van der Waals surface area contributed by atoms with Crippen molar-refractivity contribution in [2.45, 2.75) is 18.7 Å². The SMILES string of the molecule is Cc1ccc(CC(Cl)c2ccoc2Br)nc1. The van der Waals surface area contributed by atoms with E-state index in [1.54, 1.807) is 6.26 Å². The molecule has 0 spiro atoms. The van der Waals surface area contributed by atoms with Crippen LogP contribution in [-0.4, -0.2) is 4.98 Å². The molecule has 0 aliphatic rings. The Hall–Kier alpha value is -0.800. The average molecular weight is 301 g/mol. The highest BCUT2D eigenvalue weighted by atomic mass is 79.9. The standard InChI is InChI=1S/C12H11BrClNO/c1-8-2-3-9(15-7-8)6-11(14)10-4-5-16-12(10)13/h2-5,7,11H,6H2,1H3. The molecule has 0 saturated carbocycles. The molecule has 2 aromatic rings. The number of hydrogen-bond donors (Lipinski definition) is 0. The number of hydrogen-bond acceptors (Lipinski definition) is 2. The van der Waals surface area contributed by atoms with Crippen molar-refractivity contribution in [3.05, 3.63) is 52.1 Å². The summed E-state index contributed by atoms with van der Waals surface area (Å²) in [5.74, 6) is 0. The van der Waals surface area contributed by atoms with E-state index < -0.39 is 0 Å². The first kappa shape index (κ1) is 11.7. The molecule has 0 aromatic carbocycles. The maximum atomic E-state index is 6.30. The molecule has 84 valence electrons. The third-order valence-electron chi connectivity index (χ3n) is 2.34. The molecule has 2 nitrogen and oxygen atoms in total. The quantitative estimate of drug-likeness (QED) is 0.791. The lowest BCUT2D eigenvalue weighted by Gasteiger charge is -2.07.